The van der Waals surface area contributed by atoms with Gasteiger partial charge in [-0.15, -0.1) is 0 Å². The third kappa shape index (κ3) is 3.97. The number of fused-ring (bicyclic) bond motifs is 1. The van der Waals surface area contributed by atoms with Gasteiger partial charge < -0.3 is 0 Å². The van der Waals surface area contributed by atoms with Crippen molar-refractivity contribution in [3.63, 3.8) is 0 Å². The van der Waals surface area contributed by atoms with E-state index in [4.69, 9.17) is 1.37 Å². The molecule has 1 nitrogen and oxygen atoms in total. The third-order valence-corrected chi connectivity index (χ3v) is 6.70. The molecule has 0 fully saturated rings. The average molecular weight is 390 g/mol. The number of benzene rings is 2. The lowest BCUT2D eigenvalue weighted by Crippen LogP contribution is -2.35. The van der Waals surface area contributed by atoms with E-state index in [9.17, 15) is 0 Å². The molecule has 1 heterocycles. The molecule has 0 aliphatic carbocycles. The zero-order valence-electron chi connectivity index (χ0n) is 20.8. The van der Waals surface area contributed by atoms with Gasteiger partial charge in [0.2, 0.25) is 5.69 Å². The van der Waals surface area contributed by atoms with Crippen molar-refractivity contribution < 1.29 is 5.94 Å². The van der Waals surface area contributed by atoms with Crippen molar-refractivity contribution in [3.05, 3.63) is 64.3 Å². The summed E-state index contributed by atoms with van der Waals surface area (Å²) in [6.45, 7) is 17.9. The standard InChI is InChI=1S/C28H38N/c1-10-21(11-2)22-12-13-25-23(16-22)15-19(4)29(9)27(25)26-17-24(28(6,7)8)14-18(3)20(26)5/h12-17,21H,10-11H2,1-9H3/q+1/i15D. The Morgan fingerprint density at radius 2 is 1.66 bits per heavy atom. The van der Waals surface area contributed by atoms with Crippen LogP contribution in [0.1, 0.15) is 82.7 Å². The van der Waals surface area contributed by atoms with Crippen LogP contribution in [-0.4, -0.2) is 0 Å². The lowest BCUT2D eigenvalue weighted by molar-refractivity contribution is -0.665. The molecule has 2 aromatic carbocycles. The van der Waals surface area contributed by atoms with Crippen LogP contribution in [0.5, 0.6) is 0 Å². The Hall–Kier alpha value is -2.15. The Bertz CT molecular complexity index is 1100. The van der Waals surface area contributed by atoms with Crippen molar-refractivity contribution in [2.24, 2.45) is 7.05 Å². The molecule has 0 saturated carbocycles. The fraction of sp³-hybridized carbons (Fsp3) is 0.464. The first-order valence-corrected chi connectivity index (χ1v) is 11.1. The molecule has 3 rings (SSSR count). The highest BCUT2D eigenvalue weighted by molar-refractivity contribution is 5.94. The van der Waals surface area contributed by atoms with E-state index in [1.54, 1.807) is 0 Å². The number of aromatic nitrogens is 1. The van der Waals surface area contributed by atoms with Gasteiger partial charge in [0.25, 0.3) is 0 Å². The average Bonchev–Trinajstić information content (AvgIpc) is 2.69. The lowest BCUT2D eigenvalue weighted by Gasteiger charge is -2.22. The van der Waals surface area contributed by atoms with Crippen LogP contribution in [0, 0.1) is 20.8 Å². The van der Waals surface area contributed by atoms with Crippen LogP contribution in [0.3, 0.4) is 0 Å². The molecule has 0 saturated heterocycles. The Morgan fingerprint density at radius 3 is 2.24 bits per heavy atom. The highest BCUT2D eigenvalue weighted by Gasteiger charge is 2.24. The van der Waals surface area contributed by atoms with Crippen LogP contribution in [0.4, 0.5) is 0 Å². The molecule has 0 spiro atoms. The minimum atomic E-state index is 0.0919. The van der Waals surface area contributed by atoms with Crippen LogP contribution in [0.2, 0.25) is 0 Å². The SMILES string of the molecule is [2H]c1c(C)[n+](C)c(-c2cc(C(C)(C)C)cc(C)c2C)c2ccc(C(CC)CC)cc12. The van der Waals surface area contributed by atoms with E-state index in [1.165, 1.54) is 38.9 Å². The van der Waals surface area contributed by atoms with Crippen molar-refractivity contribution >= 4 is 10.8 Å². The highest BCUT2D eigenvalue weighted by atomic mass is 14.9. The maximum Gasteiger partial charge on any atom is 0.220 e. The Balaban J connectivity index is 2.41. The summed E-state index contributed by atoms with van der Waals surface area (Å²) in [4.78, 5) is 0. The molecule has 1 aromatic heterocycles. The lowest BCUT2D eigenvalue weighted by atomic mass is 9.82. The highest BCUT2D eigenvalue weighted by Crippen LogP contribution is 2.36. The fourth-order valence-corrected chi connectivity index (χ4v) is 4.38. The first-order chi connectivity index (χ1) is 14.0. The number of aryl methyl sites for hydroxylation is 1. The molecule has 0 atom stereocenters. The number of pyridine rings is 1. The minimum absolute atomic E-state index is 0.0919. The molecule has 0 aliphatic rings. The molecule has 29 heavy (non-hydrogen) atoms. The van der Waals surface area contributed by atoms with Gasteiger partial charge in [-0.1, -0.05) is 52.8 Å². The molecule has 0 radical (unpaired) electrons. The van der Waals surface area contributed by atoms with E-state index in [2.05, 4.69) is 97.3 Å². The fourth-order valence-electron chi connectivity index (χ4n) is 4.38. The minimum Gasteiger partial charge on any atom is -0.198 e. The normalized spacial score (nSPS) is 12.7. The first-order valence-electron chi connectivity index (χ1n) is 11.6. The summed E-state index contributed by atoms with van der Waals surface area (Å²) in [7, 11) is 2.11. The summed E-state index contributed by atoms with van der Waals surface area (Å²) in [6, 6.07) is 12.2. The Morgan fingerprint density at radius 1 is 1.00 bits per heavy atom. The van der Waals surface area contributed by atoms with E-state index in [1.807, 2.05) is 0 Å². The smallest absolute Gasteiger partial charge is 0.198 e. The second-order valence-electron chi connectivity index (χ2n) is 9.65. The maximum atomic E-state index is 8.86. The number of hydrogen-bond donors (Lipinski definition) is 0. The van der Waals surface area contributed by atoms with Gasteiger partial charge in [0.05, 0.1) is 12.3 Å². The molecule has 0 aliphatic heterocycles. The summed E-state index contributed by atoms with van der Waals surface area (Å²) in [6.07, 6.45) is 2.27. The van der Waals surface area contributed by atoms with Gasteiger partial charge in [0.1, 0.15) is 7.05 Å². The van der Waals surface area contributed by atoms with Gasteiger partial charge in [0.15, 0.2) is 5.69 Å². The maximum absolute atomic E-state index is 8.86. The van der Waals surface area contributed by atoms with Gasteiger partial charge in [-0.3, -0.25) is 0 Å². The second kappa shape index (κ2) is 7.94. The summed E-state index contributed by atoms with van der Waals surface area (Å²) in [5.74, 6) is 0.555. The number of nitrogens with zero attached hydrogens (tertiary/aromatic N) is 1. The van der Waals surface area contributed by atoms with Gasteiger partial charge >= 0.3 is 0 Å². The molecular formula is C28H38N+. The van der Waals surface area contributed by atoms with Crippen LogP contribution >= 0.6 is 0 Å². The Kier molecular flexibility index (Phi) is 5.51. The van der Waals surface area contributed by atoms with Gasteiger partial charge in [-0.2, -0.15) is 4.57 Å². The van der Waals surface area contributed by atoms with E-state index >= 15 is 0 Å². The summed E-state index contributed by atoms with van der Waals surface area (Å²) in [5, 5.41) is 2.25. The second-order valence-corrected chi connectivity index (χ2v) is 9.65. The predicted octanol–water partition coefficient (Wildman–Crippen LogP) is 7.46. The van der Waals surface area contributed by atoms with Crippen molar-refractivity contribution in [2.75, 3.05) is 0 Å². The molecule has 3 aromatic rings. The van der Waals surface area contributed by atoms with Crippen LogP contribution in [0.15, 0.2) is 36.4 Å². The molecule has 0 unspecified atom stereocenters. The molecule has 154 valence electrons. The van der Waals surface area contributed by atoms with Crippen molar-refractivity contribution in [1.29, 1.82) is 0 Å². The molecule has 0 N–H and O–H groups in total. The van der Waals surface area contributed by atoms with E-state index in [0.29, 0.717) is 12.0 Å². The summed E-state index contributed by atoms with van der Waals surface area (Å²) in [5.41, 5.74) is 8.97. The zero-order valence-corrected chi connectivity index (χ0v) is 19.8. The van der Waals surface area contributed by atoms with Crippen molar-refractivity contribution in [2.45, 2.75) is 79.6 Å². The predicted molar refractivity (Wildman–Crippen MR) is 127 cm³/mol. The van der Waals surface area contributed by atoms with Crippen LogP contribution in [0.25, 0.3) is 22.0 Å². The topological polar surface area (TPSA) is 3.88 Å². The third-order valence-electron chi connectivity index (χ3n) is 6.70. The quantitative estimate of drug-likeness (QED) is 0.408. The molecule has 0 amide bonds. The summed E-state index contributed by atoms with van der Waals surface area (Å²) >= 11 is 0. The Labute approximate surface area is 179 Å². The van der Waals surface area contributed by atoms with Gasteiger partial charge in [-0.25, -0.2) is 0 Å². The van der Waals surface area contributed by atoms with Crippen molar-refractivity contribution in [3.8, 4) is 11.3 Å². The van der Waals surface area contributed by atoms with Crippen LogP contribution < -0.4 is 4.57 Å². The zero-order chi connectivity index (χ0) is 22.4. The largest absolute Gasteiger partial charge is 0.220 e. The first kappa shape index (κ1) is 20.1. The molecule has 1 heteroatoms. The summed E-state index contributed by atoms with van der Waals surface area (Å²) < 4.78 is 11.1. The number of hydrogen-bond acceptors (Lipinski definition) is 0. The van der Waals surface area contributed by atoms with Gasteiger partial charge in [-0.05, 0) is 77.8 Å². The van der Waals surface area contributed by atoms with E-state index in [-0.39, 0.29) is 5.41 Å². The van der Waals surface area contributed by atoms with Gasteiger partial charge in [0, 0.05) is 13.0 Å². The molecular weight excluding hydrogens is 350 g/mol. The van der Waals surface area contributed by atoms with Crippen molar-refractivity contribution in [1.82, 2.24) is 0 Å². The number of rotatable bonds is 4. The van der Waals surface area contributed by atoms with Crippen LogP contribution in [-0.2, 0) is 12.5 Å². The monoisotopic (exact) mass is 389 g/mol. The molecule has 0 bridgehead atoms. The van der Waals surface area contributed by atoms with E-state index < -0.39 is 0 Å². The van der Waals surface area contributed by atoms with E-state index in [0.717, 1.165) is 23.9 Å².